The number of halogens is 6. The standard InChI is InChI=1S/C20H13F6N3O/c21-19(22,23)13-7-5-12(6-8-13)14(11-17(30)16-4-2-10-28-29-16)18-15(20(24,25)26)3-1-9-27-18/h1-10,14H,11H2/t14-/m0/s1. The molecule has 30 heavy (non-hydrogen) atoms. The maximum atomic E-state index is 13.5. The highest BCUT2D eigenvalue weighted by Crippen LogP contribution is 2.39. The largest absolute Gasteiger partial charge is 0.418 e. The number of benzene rings is 1. The van der Waals surface area contributed by atoms with Crippen LogP contribution >= 0.6 is 0 Å². The molecule has 3 aromatic rings. The average molecular weight is 425 g/mol. The van der Waals surface area contributed by atoms with E-state index < -0.39 is 47.3 Å². The zero-order valence-corrected chi connectivity index (χ0v) is 15.1. The number of pyridine rings is 1. The Kier molecular flexibility index (Phi) is 5.86. The lowest BCUT2D eigenvalue weighted by atomic mass is 9.86. The number of Topliss-reactive ketones (excluding diaryl/α,β-unsaturated/α-hetero) is 1. The van der Waals surface area contributed by atoms with Crippen LogP contribution in [0.1, 0.15) is 45.2 Å². The van der Waals surface area contributed by atoms with Gasteiger partial charge in [-0.05, 0) is 42.0 Å². The second-order valence-corrected chi connectivity index (χ2v) is 6.34. The van der Waals surface area contributed by atoms with E-state index in [2.05, 4.69) is 15.2 Å². The van der Waals surface area contributed by atoms with Crippen LogP contribution in [0.2, 0.25) is 0 Å². The Bertz CT molecular complexity index is 1020. The van der Waals surface area contributed by atoms with Crippen molar-refractivity contribution in [2.45, 2.75) is 24.7 Å². The summed E-state index contributed by atoms with van der Waals surface area (Å²) in [6.07, 6.45) is -7.39. The van der Waals surface area contributed by atoms with Gasteiger partial charge in [-0.1, -0.05) is 12.1 Å². The van der Waals surface area contributed by atoms with E-state index in [1.165, 1.54) is 18.3 Å². The summed E-state index contributed by atoms with van der Waals surface area (Å²) in [6, 6.07) is 8.31. The summed E-state index contributed by atoms with van der Waals surface area (Å²) in [7, 11) is 0. The average Bonchev–Trinajstić information content (AvgIpc) is 2.71. The molecule has 10 heteroatoms. The van der Waals surface area contributed by atoms with Gasteiger partial charge < -0.3 is 0 Å². The van der Waals surface area contributed by atoms with Crippen molar-refractivity contribution in [3.63, 3.8) is 0 Å². The van der Waals surface area contributed by atoms with Gasteiger partial charge in [-0.2, -0.15) is 31.4 Å². The first kappa shape index (κ1) is 21.4. The number of aromatic nitrogens is 3. The van der Waals surface area contributed by atoms with E-state index in [9.17, 15) is 31.1 Å². The van der Waals surface area contributed by atoms with Crippen molar-refractivity contribution in [2.75, 3.05) is 0 Å². The zero-order chi connectivity index (χ0) is 21.9. The molecule has 0 aliphatic carbocycles. The van der Waals surface area contributed by atoms with Crippen LogP contribution in [0.5, 0.6) is 0 Å². The first-order valence-corrected chi connectivity index (χ1v) is 8.57. The van der Waals surface area contributed by atoms with Gasteiger partial charge >= 0.3 is 12.4 Å². The SMILES string of the molecule is O=C(C[C@@H](c1ccc(C(F)(F)F)cc1)c1ncccc1C(F)(F)F)c1cccnn1. The molecule has 3 rings (SSSR count). The van der Waals surface area contributed by atoms with Crippen LogP contribution in [0.3, 0.4) is 0 Å². The van der Waals surface area contributed by atoms with E-state index >= 15 is 0 Å². The summed E-state index contributed by atoms with van der Waals surface area (Å²) in [5.41, 5.74) is -2.46. The second-order valence-electron chi connectivity index (χ2n) is 6.34. The number of nitrogens with zero attached hydrogens (tertiary/aromatic N) is 3. The fourth-order valence-corrected chi connectivity index (χ4v) is 2.95. The lowest BCUT2D eigenvalue weighted by molar-refractivity contribution is -0.139. The van der Waals surface area contributed by atoms with Crippen molar-refractivity contribution in [3.05, 3.63) is 89.0 Å². The molecule has 0 spiro atoms. The van der Waals surface area contributed by atoms with Gasteiger partial charge in [0.25, 0.3) is 0 Å². The molecule has 1 atom stereocenters. The van der Waals surface area contributed by atoms with Gasteiger partial charge in [0.2, 0.25) is 0 Å². The molecule has 0 radical (unpaired) electrons. The first-order chi connectivity index (χ1) is 14.1. The lowest BCUT2D eigenvalue weighted by Gasteiger charge is -2.21. The molecule has 0 saturated carbocycles. The minimum atomic E-state index is -4.76. The molecule has 0 amide bonds. The van der Waals surface area contributed by atoms with E-state index in [1.54, 1.807) is 0 Å². The molecular weight excluding hydrogens is 412 g/mol. The Hall–Kier alpha value is -3.30. The van der Waals surface area contributed by atoms with Crippen LogP contribution in [0.4, 0.5) is 26.3 Å². The third-order valence-corrected chi connectivity index (χ3v) is 4.36. The Labute approximate surface area is 166 Å². The predicted octanol–water partition coefficient (Wildman–Crippen LogP) is 5.31. The van der Waals surface area contributed by atoms with Gasteiger partial charge in [-0.3, -0.25) is 9.78 Å². The molecule has 0 aliphatic rings. The van der Waals surface area contributed by atoms with E-state index in [4.69, 9.17) is 0 Å². The third-order valence-electron chi connectivity index (χ3n) is 4.36. The summed E-state index contributed by atoms with van der Waals surface area (Å²) in [5, 5.41) is 7.21. The van der Waals surface area contributed by atoms with Crippen molar-refractivity contribution < 1.29 is 31.1 Å². The molecule has 2 heterocycles. The Morgan fingerprint density at radius 2 is 1.53 bits per heavy atom. The minimum Gasteiger partial charge on any atom is -0.292 e. The quantitative estimate of drug-likeness (QED) is 0.411. The van der Waals surface area contributed by atoms with E-state index in [0.29, 0.717) is 0 Å². The van der Waals surface area contributed by atoms with Gasteiger partial charge in [-0.15, -0.1) is 5.10 Å². The first-order valence-electron chi connectivity index (χ1n) is 8.57. The number of rotatable bonds is 5. The van der Waals surface area contributed by atoms with Crippen LogP contribution < -0.4 is 0 Å². The van der Waals surface area contributed by atoms with Gasteiger partial charge in [0.15, 0.2) is 5.78 Å². The van der Waals surface area contributed by atoms with Gasteiger partial charge in [0.1, 0.15) is 5.69 Å². The summed E-state index contributed by atoms with van der Waals surface area (Å²) in [6.45, 7) is 0. The highest BCUT2D eigenvalue weighted by Gasteiger charge is 2.37. The molecule has 0 saturated heterocycles. The smallest absolute Gasteiger partial charge is 0.292 e. The van der Waals surface area contributed by atoms with Crippen molar-refractivity contribution in [1.29, 1.82) is 0 Å². The van der Waals surface area contributed by atoms with Crippen molar-refractivity contribution in [3.8, 4) is 0 Å². The highest BCUT2D eigenvalue weighted by atomic mass is 19.4. The number of ketones is 1. The number of hydrogen-bond acceptors (Lipinski definition) is 4. The summed E-state index contributed by atoms with van der Waals surface area (Å²) < 4.78 is 79.1. The summed E-state index contributed by atoms with van der Waals surface area (Å²) in [4.78, 5) is 16.4. The number of alkyl halides is 6. The normalized spacial score (nSPS) is 13.1. The molecule has 0 aliphatic heterocycles. The molecule has 4 nitrogen and oxygen atoms in total. The third kappa shape index (κ3) is 4.81. The van der Waals surface area contributed by atoms with Crippen LogP contribution in [0.25, 0.3) is 0 Å². The molecule has 1 aromatic carbocycles. The second kappa shape index (κ2) is 8.21. The van der Waals surface area contributed by atoms with E-state index in [1.807, 2.05) is 0 Å². The number of carbonyl (C=O) groups is 1. The topological polar surface area (TPSA) is 55.7 Å². The Balaban J connectivity index is 2.07. The Morgan fingerprint density at radius 3 is 2.10 bits per heavy atom. The van der Waals surface area contributed by atoms with E-state index in [0.717, 1.165) is 42.6 Å². The fraction of sp³-hybridized carbons (Fsp3) is 0.200. The molecule has 0 unspecified atom stereocenters. The summed E-state index contributed by atoms with van der Waals surface area (Å²) in [5.74, 6) is -1.86. The molecular formula is C20H13F6N3O. The molecule has 156 valence electrons. The molecule has 2 aromatic heterocycles. The monoisotopic (exact) mass is 425 g/mol. The maximum absolute atomic E-state index is 13.5. The molecule has 0 N–H and O–H groups in total. The number of carbonyl (C=O) groups excluding carboxylic acids is 1. The highest BCUT2D eigenvalue weighted by molar-refractivity contribution is 5.94. The van der Waals surface area contributed by atoms with Crippen molar-refractivity contribution >= 4 is 5.78 Å². The molecule has 0 bridgehead atoms. The zero-order valence-electron chi connectivity index (χ0n) is 15.1. The van der Waals surface area contributed by atoms with Gasteiger partial charge in [0.05, 0.1) is 16.8 Å². The van der Waals surface area contributed by atoms with E-state index in [-0.39, 0.29) is 11.3 Å². The Morgan fingerprint density at radius 1 is 0.867 bits per heavy atom. The van der Waals surface area contributed by atoms with Crippen LogP contribution in [0.15, 0.2) is 60.9 Å². The van der Waals surface area contributed by atoms with Crippen molar-refractivity contribution in [2.24, 2.45) is 0 Å². The van der Waals surface area contributed by atoms with Gasteiger partial charge in [-0.25, -0.2) is 0 Å². The minimum absolute atomic E-state index is 0.0705. The van der Waals surface area contributed by atoms with Gasteiger partial charge in [0, 0.05) is 24.7 Å². The molecule has 0 fully saturated rings. The predicted molar refractivity (Wildman–Crippen MR) is 93.5 cm³/mol. The van der Waals surface area contributed by atoms with Crippen LogP contribution in [-0.2, 0) is 12.4 Å². The van der Waals surface area contributed by atoms with Crippen molar-refractivity contribution in [1.82, 2.24) is 15.2 Å². The lowest BCUT2D eigenvalue weighted by Crippen LogP contribution is -2.18. The van der Waals surface area contributed by atoms with Crippen LogP contribution in [-0.4, -0.2) is 21.0 Å². The fourth-order valence-electron chi connectivity index (χ4n) is 2.95. The number of hydrogen-bond donors (Lipinski definition) is 0. The maximum Gasteiger partial charge on any atom is 0.418 e. The summed E-state index contributed by atoms with van der Waals surface area (Å²) >= 11 is 0. The van der Waals surface area contributed by atoms with Crippen LogP contribution in [0, 0.1) is 0 Å².